The van der Waals surface area contributed by atoms with Crippen molar-refractivity contribution in [3.63, 3.8) is 0 Å². The molecule has 0 atom stereocenters. The van der Waals surface area contributed by atoms with Crippen molar-refractivity contribution >= 4 is 17.3 Å². The molecule has 0 spiro atoms. The zero-order valence-electron chi connectivity index (χ0n) is 25.5. The van der Waals surface area contributed by atoms with E-state index in [1.165, 1.54) is 12.8 Å². The van der Waals surface area contributed by atoms with E-state index in [2.05, 4.69) is 6.92 Å². The van der Waals surface area contributed by atoms with Gasteiger partial charge >= 0.3 is 0 Å². The summed E-state index contributed by atoms with van der Waals surface area (Å²) in [7, 11) is 1.78. The lowest BCUT2D eigenvalue weighted by molar-refractivity contribution is -0.135. The Kier molecular flexibility index (Phi) is 10.9. The Morgan fingerprint density at radius 1 is 0.400 bits per heavy atom. The summed E-state index contributed by atoms with van der Waals surface area (Å²) in [5.41, 5.74) is 0. The van der Waals surface area contributed by atoms with Gasteiger partial charge in [0.25, 0.3) is 0 Å². The van der Waals surface area contributed by atoms with Gasteiger partial charge in [0.05, 0.1) is 18.3 Å². The van der Waals surface area contributed by atoms with E-state index in [0.717, 1.165) is 121 Å². The van der Waals surface area contributed by atoms with Crippen LogP contribution >= 0.6 is 0 Å². The Balaban J connectivity index is 0.970. The van der Waals surface area contributed by atoms with E-state index in [4.69, 9.17) is 9.47 Å². The van der Waals surface area contributed by atoms with Crippen molar-refractivity contribution in [2.45, 2.75) is 154 Å². The van der Waals surface area contributed by atoms with Crippen LogP contribution in [0.2, 0.25) is 0 Å². The second-order valence-corrected chi connectivity index (χ2v) is 14.5. The quantitative estimate of drug-likeness (QED) is 0.291. The van der Waals surface area contributed by atoms with Crippen molar-refractivity contribution in [2.24, 2.45) is 41.4 Å². The molecule has 0 aromatic heterocycles. The van der Waals surface area contributed by atoms with Gasteiger partial charge in [0.15, 0.2) is 0 Å². The standard InChI is InChI=1S/C35H56O5/c1-23-3-5-24(6-4-23)33(36)25-7-9-26(10-8-25)34(37)28-13-19-31(20-14-28)40-32-21-15-29(16-22-32)35(38)27-11-17-30(39-2)18-12-27/h23-32H,3-22H2,1-2H3. The summed E-state index contributed by atoms with van der Waals surface area (Å²) in [5, 5.41) is 0. The van der Waals surface area contributed by atoms with Gasteiger partial charge in [-0.2, -0.15) is 0 Å². The third kappa shape index (κ3) is 7.65. The van der Waals surface area contributed by atoms with Crippen LogP contribution in [0.3, 0.4) is 0 Å². The highest BCUT2D eigenvalue weighted by Gasteiger charge is 2.38. The fourth-order valence-electron chi connectivity index (χ4n) is 9.03. The molecule has 5 rings (SSSR count). The number of ketones is 3. The van der Waals surface area contributed by atoms with Gasteiger partial charge < -0.3 is 9.47 Å². The first kappa shape index (κ1) is 30.4. The van der Waals surface area contributed by atoms with Crippen molar-refractivity contribution in [1.29, 1.82) is 0 Å². The lowest BCUT2D eigenvalue weighted by Crippen LogP contribution is -2.36. The fraction of sp³-hybridized carbons (Fsp3) is 0.914. The summed E-state index contributed by atoms with van der Waals surface area (Å²) in [6, 6.07) is 0. The molecular formula is C35H56O5. The number of carbonyl (C=O) groups is 3. The Labute approximate surface area is 243 Å². The zero-order chi connectivity index (χ0) is 28.1. The van der Waals surface area contributed by atoms with Gasteiger partial charge in [-0.25, -0.2) is 0 Å². The van der Waals surface area contributed by atoms with Crippen LogP contribution in [0.1, 0.15) is 135 Å². The minimum Gasteiger partial charge on any atom is -0.381 e. The van der Waals surface area contributed by atoms with Crippen LogP contribution in [0.5, 0.6) is 0 Å². The number of ether oxygens (including phenoxy) is 2. The molecule has 5 saturated carbocycles. The molecule has 5 aliphatic rings. The van der Waals surface area contributed by atoms with E-state index >= 15 is 0 Å². The molecule has 40 heavy (non-hydrogen) atoms. The second-order valence-electron chi connectivity index (χ2n) is 14.5. The molecule has 0 N–H and O–H groups in total. The molecule has 226 valence electrons. The minimum absolute atomic E-state index is 0.176. The molecule has 5 nitrogen and oxygen atoms in total. The van der Waals surface area contributed by atoms with Crippen molar-refractivity contribution in [3.8, 4) is 0 Å². The first-order valence-electron chi connectivity index (χ1n) is 17.2. The van der Waals surface area contributed by atoms with Gasteiger partial charge in [0, 0.05) is 42.6 Å². The molecule has 0 bridgehead atoms. The number of hydrogen-bond donors (Lipinski definition) is 0. The SMILES string of the molecule is COC1CCC(C(=O)C2CCC(OC3CCC(C(=O)C4CCC(C(=O)C5CCC(C)CC5)CC4)CC3)CC2)CC1. The summed E-state index contributed by atoms with van der Waals surface area (Å²) in [6.45, 7) is 2.31. The highest BCUT2D eigenvalue weighted by atomic mass is 16.5. The summed E-state index contributed by atoms with van der Waals surface area (Å²) in [4.78, 5) is 39.5. The second kappa shape index (κ2) is 14.4. The van der Waals surface area contributed by atoms with Crippen molar-refractivity contribution in [2.75, 3.05) is 7.11 Å². The average Bonchev–Trinajstić information content (AvgIpc) is 3.01. The van der Waals surface area contributed by atoms with Gasteiger partial charge in [0.1, 0.15) is 17.3 Å². The van der Waals surface area contributed by atoms with Crippen LogP contribution < -0.4 is 0 Å². The van der Waals surface area contributed by atoms with Crippen LogP contribution in [-0.2, 0) is 23.9 Å². The number of carbonyl (C=O) groups excluding carboxylic acids is 3. The van der Waals surface area contributed by atoms with Gasteiger partial charge in [-0.1, -0.05) is 19.8 Å². The predicted octanol–water partition coefficient (Wildman–Crippen LogP) is 7.67. The number of Topliss-reactive ketones (excluding diaryl/α,β-unsaturated/α-hetero) is 3. The first-order valence-corrected chi connectivity index (χ1v) is 17.2. The smallest absolute Gasteiger partial charge is 0.139 e. The highest BCUT2D eigenvalue weighted by molar-refractivity contribution is 5.86. The third-order valence-corrected chi connectivity index (χ3v) is 11.9. The predicted molar refractivity (Wildman–Crippen MR) is 157 cm³/mol. The maximum atomic E-state index is 13.4. The molecule has 5 heteroatoms. The number of rotatable bonds is 9. The van der Waals surface area contributed by atoms with Crippen molar-refractivity contribution < 1.29 is 23.9 Å². The van der Waals surface area contributed by atoms with Gasteiger partial charge in [-0.05, 0) is 121 Å². The molecule has 0 radical (unpaired) electrons. The maximum absolute atomic E-state index is 13.4. The third-order valence-electron chi connectivity index (χ3n) is 11.9. The Bertz CT molecular complexity index is 828. The van der Waals surface area contributed by atoms with Crippen molar-refractivity contribution in [1.82, 2.24) is 0 Å². The maximum Gasteiger partial charge on any atom is 0.139 e. The Hall–Kier alpha value is -1.07. The number of hydrogen-bond acceptors (Lipinski definition) is 5. The Morgan fingerprint density at radius 2 is 0.650 bits per heavy atom. The normalized spacial score (nSPS) is 41.2. The van der Waals surface area contributed by atoms with Crippen LogP contribution in [-0.4, -0.2) is 42.8 Å². The molecule has 0 amide bonds. The topological polar surface area (TPSA) is 69.7 Å². The molecule has 0 heterocycles. The summed E-state index contributed by atoms with van der Waals surface area (Å²) in [6.07, 6.45) is 21.1. The molecular weight excluding hydrogens is 500 g/mol. The van der Waals surface area contributed by atoms with E-state index in [-0.39, 0.29) is 41.8 Å². The van der Waals surface area contributed by atoms with Gasteiger partial charge in [-0.15, -0.1) is 0 Å². The van der Waals surface area contributed by atoms with E-state index < -0.39 is 0 Å². The molecule has 0 unspecified atom stereocenters. The van der Waals surface area contributed by atoms with Gasteiger partial charge in [-0.3, -0.25) is 14.4 Å². The van der Waals surface area contributed by atoms with Gasteiger partial charge in [0.2, 0.25) is 0 Å². The summed E-state index contributed by atoms with van der Waals surface area (Å²) < 4.78 is 12.0. The molecule has 5 fully saturated rings. The van der Waals surface area contributed by atoms with E-state index in [1.807, 2.05) is 0 Å². The van der Waals surface area contributed by atoms with E-state index in [9.17, 15) is 14.4 Å². The van der Waals surface area contributed by atoms with Crippen LogP contribution in [0.15, 0.2) is 0 Å². The lowest BCUT2D eigenvalue weighted by atomic mass is 9.70. The summed E-state index contributed by atoms with van der Waals surface area (Å²) >= 11 is 0. The average molecular weight is 557 g/mol. The van der Waals surface area contributed by atoms with Crippen molar-refractivity contribution in [3.05, 3.63) is 0 Å². The molecule has 0 saturated heterocycles. The van der Waals surface area contributed by atoms with Crippen LogP contribution in [0, 0.1) is 41.4 Å². The molecule has 0 aromatic carbocycles. The monoisotopic (exact) mass is 556 g/mol. The summed E-state index contributed by atoms with van der Waals surface area (Å²) in [5.74, 6) is 3.63. The first-order chi connectivity index (χ1) is 19.4. The molecule has 0 aromatic rings. The fourth-order valence-corrected chi connectivity index (χ4v) is 9.03. The van der Waals surface area contributed by atoms with E-state index in [0.29, 0.717) is 29.4 Å². The lowest BCUT2D eigenvalue weighted by Gasteiger charge is -2.37. The largest absolute Gasteiger partial charge is 0.381 e. The number of methoxy groups -OCH3 is 1. The van der Waals surface area contributed by atoms with Crippen LogP contribution in [0.25, 0.3) is 0 Å². The highest BCUT2D eigenvalue weighted by Crippen LogP contribution is 2.40. The Morgan fingerprint density at radius 3 is 0.950 bits per heavy atom. The molecule has 5 aliphatic carbocycles. The zero-order valence-corrected chi connectivity index (χ0v) is 25.5. The van der Waals surface area contributed by atoms with Crippen LogP contribution in [0.4, 0.5) is 0 Å². The molecule has 0 aliphatic heterocycles. The van der Waals surface area contributed by atoms with E-state index in [1.54, 1.807) is 7.11 Å². The minimum atomic E-state index is 0.176.